The van der Waals surface area contributed by atoms with Gasteiger partial charge in [0.2, 0.25) is 17.8 Å². The van der Waals surface area contributed by atoms with Gasteiger partial charge in [0.1, 0.15) is 35.7 Å². The zero-order chi connectivity index (χ0) is 48.5. The highest BCUT2D eigenvalue weighted by molar-refractivity contribution is 7.10. The summed E-state index contributed by atoms with van der Waals surface area (Å²) in [5.74, 6) is 0.685. The number of imidazole rings is 1. The number of hydrogen-bond acceptors (Lipinski definition) is 16. The van der Waals surface area contributed by atoms with Crippen LogP contribution in [0.4, 0.5) is 17.5 Å². The molecule has 4 N–H and O–H groups in total. The second-order valence-electron chi connectivity index (χ2n) is 15.5. The summed E-state index contributed by atoms with van der Waals surface area (Å²) in [6.07, 6.45) is 5.89. The first-order chi connectivity index (χ1) is 33.6. The molecule has 1 unspecified atom stereocenters. The standard InChI is InChI=1S/C47H54Cl2N12O7S/c1-31-26-53-37(32(2)43(31)64-3)28-59-30-54-41-44(55-47(50)56-45(41)59)51-15-17-65-19-21-67-22-20-66-18-16-60-27-34(57-58-60)29-68-38-12-11-35(24-36(38)49)61(40(62)25-48)42(39-10-7-23-69-39)46(63)52-14-13-33-8-5-4-6-9-33/h4-12,23-24,26-27,30,42H,13-22,25,28-29H2,1-3H3,(H,52,63)(H3,50,51,55,56). The number of pyridine rings is 1. The summed E-state index contributed by atoms with van der Waals surface area (Å²) in [6, 6.07) is 17.4. The van der Waals surface area contributed by atoms with E-state index in [0.29, 0.717) is 111 Å². The molecule has 5 aromatic heterocycles. The number of amides is 2. The Labute approximate surface area is 413 Å². The van der Waals surface area contributed by atoms with Crippen molar-refractivity contribution in [3.05, 3.63) is 123 Å². The molecule has 0 aliphatic heterocycles. The summed E-state index contributed by atoms with van der Waals surface area (Å²) in [7, 11) is 1.65. The number of halogens is 2. The average Bonchev–Trinajstić information content (AvgIpc) is 4.14. The number of ether oxygens (including phenoxy) is 5. The van der Waals surface area contributed by atoms with Crippen LogP contribution in [-0.2, 0) is 49.9 Å². The molecule has 1 atom stereocenters. The van der Waals surface area contributed by atoms with Gasteiger partial charge < -0.3 is 44.6 Å². The largest absolute Gasteiger partial charge is 0.496 e. The van der Waals surface area contributed by atoms with Gasteiger partial charge in [-0.05, 0) is 55.5 Å². The lowest BCUT2D eigenvalue weighted by atomic mass is 10.1. The van der Waals surface area contributed by atoms with E-state index in [0.717, 1.165) is 28.1 Å². The van der Waals surface area contributed by atoms with Crippen molar-refractivity contribution in [1.29, 1.82) is 0 Å². The van der Waals surface area contributed by atoms with E-state index < -0.39 is 11.9 Å². The SMILES string of the molecule is COc1c(C)cnc(Cn2cnc3c(NCCOCCOCCOCCn4cc(COc5ccc(N(C(=O)CCl)C(C(=O)NCCc6ccccc6)c6cccs6)cc5Cl)nn4)nc(N)nc32)c1C. The maximum atomic E-state index is 13.7. The molecule has 7 aromatic rings. The summed E-state index contributed by atoms with van der Waals surface area (Å²) < 4.78 is 32.2. The highest BCUT2D eigenvalue weighted by atomic mass is 35.5. The van der Waals surface area contributed by atoms with Gasteiger partial charge in [-0.15, -0.1) is 28.0 Å². The van der Waals surface area contributed by atoms with Gasteiger partial charge in [0.15, 0.2) is 17.0 Å². The van der Waals surface area contributed by atoms with E-state index in [9.17, 15) is 9.59 Å². The fourth-order valence-electron chi connectivity index (χ4n) is 7.35. The van der Waals surface area contributed by atoms with Crippen LogP contribution < -0.4 is 30.7 Å². The number of anilines is 3. The lowest BCUT2D eigenvalue weighted by Crippen LogP contribution is -2.44. The summed E-state index contributed by atoms with van der Waals surface area (Å²) in [6.45, 7) is 8.22. The lowest BCUT2D eigenvalue weighted by molar-refractivity contribution is -0.125. The van der Waals surface area contributed by atoms with Crippen molar-refractivity contribution in [3.8, 4) is 11.5 Å². The highest BCUT2D eigenvalue weighted by Crippen LogP contribution is 2.36. The first-order valence-corrected chi connectivity index (χ1v) is 23.9. The van der Waals surface area contributed by atoms with E-state index >= 15 is 0 Å². The van der Waals surface area contributed by atoms with Crippen molar-refractivity contribution in [1.82, 2.24) is 44.8 Å². The number of aryl methyl sites for hydroxylation is 1. The van der Waals surface area contributed by atoms with Crippen molar-refractivity contribution >= 4 is 75.0 Å². The molecule has 19 nitrogen and oxygen atoms in total. The smallest absolute Gasteiger partial charge is 0.248 e. The predicted octanol–water partition coefficient (Wildman–Crippen LogP) is 6.20. The van der Waals surface area contributed by atoms with E-state index in [2.05, 4.69) is 40.9 Å². The number of carbonyl (C=O) groups is 2. The van der Waals surface area contributed by atoms with E-state index in [-0.39, 0.29) is 29.4 Å². The van der Waals surface area contributed by atoms with Gasteiger partial charge in [-0.3, -0.25) is 19.5 Å². The van der Waals surface area contributed by atoms with Gasteiger partial charge in [-0.2, -0.15) is 9.97 Å². The molecule has 22 heteroatoms. The molecule has 7 rings (SSSR count). The van der Waals surface area contributed by atoms with Crippen LogP contribution in [0.5, 0.6) is 11.5 Å². The number of fused-ring (bicyclic) bond motifs is 1. The minimum absolute atomic E-state index is 0.0891. The Hall–Kier alpha value is -6.42. The van der Waals surface area contributed by atoms with Gasteiger partial charge in [-0.25, -0.2) is 9.67 Å². The minimum atomic E-state index is -0.963. The number of nitrogens with one attached hydrogen (secondary N) is 2. The monoisotopic (exact) mass is 1000 g/mol. The number of thiophene rings is 1. The summed E-state index contributed by atoms with van der Waals surface area (Å²) in [4.78, 5) is 47.1. The number of carbonyl (C=O) groups excluding carboxylic acids is 2. The number of nitrogens with two attached hydrogens (primary N) is 1. The van der Waals surface area contributed by atoms with Crippen molar-refractivity contribution in [2.24, 2.45) is 0 Å². The maximum Gasteiger partial charge on any atom is 0.248 e. The predicted molar refractivity (Wildman–Crippen MR) is 264 cm³/mol. The molecule has 0 fully saturated rings. The molecular weight excluding hydrogens is 948 g/mol. The van der Waals surface area contributed by atoms with Crippen LogP contribution in [0.25, 0.3) is 11.2 Å². The Kier molecular flexibility index (Phi) is 18.5. The normalized spacial score (nSPS) is 11.7. The summed E-state index contributed by atoms with van der Waals surface area (Å²) in [5, 5.41) is 16.7. The zero-order valence-electron chi connectivity index (χ0n) is 38.5. The van der Waals surface area contributed by atoms with Gasteiger partial charge in [0.25, 0.3) is 0 Å². The topological polar surface area (TPSA) is 221 Å². The average molecular weight is 1000 g/mol. The minimum Gasteiger partial charge on any atom is -0.496 e. The molecule has 5 heterocycles. The van der Waals surface area contributed by atoms with Gasteiger partial charge in [0.05, 0.1) is 83.1 Å². The Morgan fingerprint density at radius 2 is 1.72 bits per heavy atom. The first kappa shape index (κ1) is 50.5. The van der Waals surface area contributed by atoms with E-state index in [1.807, 2.05) is 66.3 Å². The Bertz CT molecular complexity index is 2760. The number of hydrogen-bond donors (Lipinski definition) is 3. The molecule has 2 amide bonds. The number of methoxy groups -OCH3 is 1. The Morgan fingerprint density at radius 1 is 0.942 bits per heavy atom. The van der Waals surface area contributed by atoms with E-state index in [1.54, 1.807) is 48.7 Å². The molecule has 0 spiro atoms. The number of alkyl halides is 1. The van der Waals surface area contributed by atoms with Crippen LogP contribution in [0.3, 0.4) is 0 Å². The van der Waals surface area contributed by atoms with Gasteiger partial charge in [0, 0.05) is 41.0 Å². The Morgan fingerprint density at radius 3 is 2.46 bits per heavy atom. The highest BCUT2D eigenvalue weighted by Gasteiger charge is 2.33. The quantitative estimate of drug-likeness (QED) is 0.0386. The molecule has 2 aromatic carbocycles. The molecule has 0 saturated heterocycles. The third-order valence-corrected chi connectivity index (χ3v) is 12.2. The lowest BCUT2D eigenvalue weighted by Gasteiger charge is -2.30. The molecule has 364 valence electrons. The maximum absolute atomic E-state index is 13.7. The summed E-state index contributed by atoms with van der Waals surface area (Å²) in [5.41, 5.74) is 12.1. The molecule has 69 heavy (non-hydrogen) atoms. The van der Waals surface area contributed by atoms with E-state index in [4.69, 9.17) is 52.6 Å². The number of nitrogens with zero attached hydrogens (tertiary/aromatic N) is 9. The molecule has 0 bridgehead atoms. The van der Waals surface area contributed by atoms with Crippen molar-refractivity contribution in [2.75, 3.05) is 81.7 Å². The Balaban J connectivity index is 0.784. The van der Waals surface area contributed by atoms with Crippen molar-refractivity contribution in [3.63, 3.8) is 0 Å². The van der Waals surface area contributed by atoms with Gasteiger partial charge >= 0.3 is 0 Å². The number of benzene rings is 2. The van der Waals surface area contributed by atoms with Crippen molar-refractivity contribution in [2.45, 2.75) is 46.0 Å². The van der Waals surface area contributed by atoms with Crippen LogP contribution in [-0.4, -0.2) is 117 Å². The van der Waals surface area contributed by atoms with Gasteiger partial charge in [-0.1, -0.05) is 53.2 Å². The second-order valence-corrected chi connectivity index (χ2v) is 17.2. The molecule has 0 saturated carbocycles. The van der Waals surface area contributed by atoms with Crippen LogP contribution in [0.2, 0.25) is 5.02 Å². The van der Waals surface area contributed by atoms with E-state index in [1.165, 1.54) is 16.2 Å². The third-order valence-electron chi connectivity index (χ3n) is 10.7. The van der Waals surface area contributed by atoms with Crippen LogP contribution in [0.1, 0.15) is 39.0 Å². The molecule has 0 aliphatic carbocycles. The number of aromatic nitrogens is 8. The fourth-order valence-corrected chi connectivity index (χ4v) is 8.52. The first-order valence-electron chi connectivity index (χ1n) is 22.1. The fraction of sp³-hybridized carbons (Fsp3) is 0.362. The number of nitrogen functional groups attached to an aromatic ring is 1. The third kappa shape index (κ3) is 13.6. The summed E-state index contributed by atoms with van der Waals surface area (Å²) >= 11 is 14.2. The van der Waals surface area contributed by atoms with Crippen LogP contribution >= 0.6 is 34.5 Å². The molecule has 0 radical (unpaired) electrons. The van der Waals surface area contributed by atoms with Crippen molar-refractivity contribution < 1.29 is 33.3 Å². The molecular formula is C47H54Cl2N12O7S. The molecule has 0 aliphatic rings. The van der Waals surface area contributed by atoms with Crippen LogP contribution in [0.15, 0.2) is 84.8 Å². The zero-order valence-corrected chi connectivity index (χ0v) is 40.8. The second kappa shape index (κ2) is 25.3. The number of rotatable bonds is 27. The van der Waals surface area contributed by atoms with Crippen LogP contribution in [0, 0.1) is 13.8 Å².